The minimum atomic E-state index is -3.08. The van der Waals surface area contributed by atoms with Crippen LogP contribution in [0.5, 0.6) is 0 Å². The van der Waals surface area contributed by atoms with Crippen molar-refractivity contribution in [3.8, 4) is 0 Å². The Balaban J connectivity index is 2.08. The Bertz CT molecular complexity index is 494. The summed E-state index contributed by atoms with van der Waals surface area (Å²) in [6.45, 7) is 5.56. The zero-order valence-corrected chi connectivity index (χ0v) is 14.5. The molecule has 0 saturated carbocycles. The van der Waals surface area contributed by atoms with Gasteiger partial charge in [-0.2, -0.15) is 0 Å². The van der Waals surface area contributed by atoms with Gasteiger partial charge >= 0.3 is 0 Å². The van der Waals surface area contributed by atoms with E-state index in [1.165, 1.54) is 0 Å². The van der Waals surface area contributed by atoms with Crippen molar-refractivity contribution < 1.29 is 17.9 Å². The number of nitrogens with zero attached hydrogens (tertiary/aromatic N) is 3. The average molecular weight is 333 g/mol. The SMILES string of the molecule is CCOCCN1CCN(C(=O)CN(C)C)[C@H]2CS(=O)(=O)C[C@H]21. The third-order valence-electron chi connectivity index (χ3n) is 4.29. The standard InChI is InChI=1S/C14H27N3O4S/c1-4-21-8-7-16-5-6-17(14(18)9-15(2)3)13-11-22(19,20)10-12(13)16/h12-13H,4-11H2,1-3H3/t12-,13+/m1/s1. The zero-order valence-electron chi connectivity index (χ0n) is 13.7. The van der Waals surface area contributed by atoms with Crippen LogP contribution in [0.1, 0.15) is 6.92 Å². The van der Waals surface area contributed by atoms with Crippen LogP contribution in [0.25, 0.3) is 0 Å². The molecule has 1 amide bonds. The first-order valence-corrected chi connectivity index (χ1v) is 9.62. The Hall–Kier alpha value is -0.700. The van der Waals surface area contributed by atoms with Gasteiger partial charge in [0.05, 0.1) is 30.7 Å². The summed E-state index contributed by atoms with van der Waals surface area (Å²) in [6, 6.07) is -0.307. The van der Waals surface area contributed by atoms with Crippen LogP contribution in [0.4, 0.5) is 0 Å². The van der Waals surface area contributed by atoms with E-state index in [0.29, 0.717) is 32.8 Å². The third kappa shape index (κ3) is 4.18. The highest BCUT2D eigenvalue weighted by Gasteiger charge is 2.47. The van der Waals surface area contributed by atoms with Gasteiger partial charge in [-0.15, -0.1) is 0 Å². The fraction of sp³-hybridized carbons (Fsp3) is 0.929. The number of fused-ring (bicyclic) bond motifs is 1. The van der Waals surface area contributed by atoms with E-state index in [4.69, 9.17) is 4.74 Å². The Labute approximate surface area is 133 Å². The number of ether oxygens (including phenoxy) is 1. The minimum Gasteiger partial charge on any atom is -0.380 e. The fourth-order valence-corrected chi connectivity index (χ4v) is 5.31. The Morgan fingerprint density at radius 1 is 1.23 bits per heavy atom. The van der Waals surface area contributed by atoms with Crippen LogP contribution in [0.15, 0.2) is 0 Å². The molecule has 0 bridgehead atoms. The number of rotatable bonds is 6. The molecule has 128 valence electrons. The van der Waals surface area contributed by atoms with Crippen LogP contribution in [-0.4, -0.2) is 106 Å². The summed E-state index contributed by atoms with van der Waals surface area (Å²) < 4.78 is 29.5. The van der Waals surface area contributed by atoms with Gasteiger partial charge in [0.1, 0.15) is 0 Å². The first-order chi connectivity index (χ1) is 10.3. The Kier molecular flexibility index (Phi) is 5.81. The summed E-state index contributed by atoms with van der Waals surface area (Å²) in [5.41, 5.74) is 0. The molecule has 0 aromatic carbocycles. The van der Waals surface area contributed by atoms with Crippen LogP contribution in [0.2, 0.25) is 0 Å². The molecule has 22 heavy (non-hydrogen) atoms. The number of hydrogen-bond acceptors (Lipinski definition) is 6. The number of piperazine rings is 1. The molecule has 7 nitrogen and oxygen atoms in total. The van der Waals surface area contributed by atoms with Crippen LogP contribution in [0.3, 0.4) is 0 Å². The smallest absolute Gasteiger partial charge is 0.237 e. The molecule has 0 aromatic rings. The summed E-state index contributed by atoms with van der Waals surface area (Å²) in [5, 5.41) is 0. The number of sulfone groups is 1. The average Bonchev–Trinajstić information content (AvgIpc) is 2.73. The largest absolute Gasteiger partial charge is 0.380 e. The first kappa shape index (κ1) is 17.7. The van der Waals surface area contributed by atoms with E-state index in [-0.39, 0.29) is 29.5 Å². The number of likely N-dealkylation sites (N-methyl/N-ethyl adjacent to an activating group) is 1. The van der Waals surface area contributed by atoms with Crippen LogP contribution < -0.4 is 0 Å². The predicted octanol–water partition coefficient (Wildman–Crippen LogP) is -1.11. The number of carbonyl (C=O) groups excluding carboxylic acids is 1. The van der Waals surface area contributed by atoms with Gasteiger partial charge in [-0.05, 0) is 21.0 Å². The van der Waals surface area contributed by atoms with E-state index in [0.717, 1.165) is 6.54 Å². The van der Waals surface area contributed by atoms with Gasteiger partial charge in [0.15, 0.2) is 9.84 Å². The maximum atomic E-state index is 12.4. The molecule has 2 atom stereocenters. The highest BCUT2D eigenvalue weighted by molar-refractivity contribution is 7.91. The lowest BCUT2D eigenvalue weighted by atomic mass is 10.0. The lowest BCUT2D eigenvalue weighted by Gasteiger charge is -2.44. The first-order valence-electron chi connectivity index (χ1n) is 7.80. The molecule has 2 aliphatic rings. The predicted molar refractivity (Wildman–Crippen MR) is 84.6 cm³/mol. The Morgan fingerprint density at radius 3 is 2.55 bits per heavy atom. The van der Waals surface area contributed by atoms with Crippen LogP contribution in [0, 0.1) is 0 Å². The number of carbonyl (C=O) groups is 1. The van der Waals surface area contributed by atoms with E-state index in [1.807, 2.05) is 25.9 Å². The molecular formula is C14H27N3O4S. The van der Waals surface area contributed by atoms with E-state index < -0.39 is 9.84 Å². The molecular weight excluding hydrogens is 306 g/mol. The van der Waals surface area contributed by atoms with Gasteiger partial charge in [-0.1, -0.05) is 0 Å². The summed E-state index contributed by atoms with van der Waals surface area (Å²) in [6.07, 6.45) is 0. The van der Waals surface area contributed by atoms with Crippen LogP contribution in [-0.2, 0) is 19.4 Å². The van der Waals surface area contributed by atoms with Gasteiger partial charge < -0.3 is 14.5 Å². The van der Waals surface area contributed by atoms with Crippen LogP contribution >= 0.6 is 0 Å². The monoisotopic (exact) mass is 333 g/mol. The van der Waals surface area contributed by atoms with E-state index >= 15 is 0 Å². The van der Waals surface area contributed by atoms with E-state index in [1.54, 1.807) is 4.90 Å². The lowest BCUT2D eigenvalue weighted by molar-refractivity contribution is -0.137. The normalized spacial score (nSPS) is 28.1. The molecule has 0 radical (unpaired) electrons. The number of hydrogen-bond donors (Lipinski definition) is 0. The molecule has 2 saturated heterocycles. The molecule has 0 spiro atoms. The minimum absolute atomic E-state index is 0.0153. The summed E-state index contributed by atoms with van der Waals surface area (Å²) >= 11 is 0. The van der Waals surface area contributed by atoms with Crippen molar-refractivity contribution >= 4 is 15.7 Å². The molecule has 0 aromatic heterocycles. The molecule has 2 rings (SSSR count). The zero-order chi connectivity index (χ0) is 16.3. The van der Waals surface area contributed by atoms with Crippen molar-refractivity contribution in [2.45, 2.75) is 19.0 Å². The number of amides is 1. The molecule has 2 aliphatic heterocycles. The second-order valence-corrected chi connectivity index (χ2v) is 8.42. The molecule has 8 heteroatoms. The van der Waals surface area contributed by atoms with Crippen molar-refractivity contribution in [2.24, 2.45) is 0 Å². The van der Waals surface area contributed by atoms with Gasteiger partial charge in [0.25, 0.3) is 0 Å². The van der Waals surface area contributed by atoms with Gasteiger partial charge in [-0.25, -0.2) is 8.42 Å². The molecule has 0 unspecified atom stereocenters. The molecule has 2 fully saturated rings. The van der Waals surface area contributed by atoms with Gasteiger partial charge in [0.2, 0.25) is 5.91 Å². The Morgan fingerprint density at radius 2 is 1.91 bits per heavy atom. The topological polar surface area (TPSA) is 70.2 Å². The lowest BCUT2D eigenvalue weighted by Crippen LogP contribution is -2.62. The van der Waals surface area contributed by atoms with E-state index in [2.05, 4.69) is 4.90 Å². The van der Waals surface area contributed by atoms with Crippen molar-refractivity contribution in [3.05, 3.63) is 0 Å². The highest BCUT2D eigenvalue weighted by Crippen LogP contribution is 2.27. The summed E-state index contributed by atoms with van der Waals surface area (Å²) in [7, 11) is 0.615. The van der Waals surface area contributed by atoms with Crippen molar-refractivity contribution in [1.29, 1.82) is 0 Å². The summed E-state index contributed by atoms with van der Waals surface area (Å²) in [4.78, 5) is 18.1. The quantitative estimate of drug-likeness (QED) is 0.575. The molecule has 2 heterocycles. The van der Waals surface area contributed by atoms with E-state index in [9.17, 15) is 13.2 Å². The second kappa shape index (κ2) is 7.25. The molecule has 0 aliphatic carbocycles. The third-order valence-corrected chi connectivity index (χ3v) is 5.99. The van der Waals surface area contributed by atoms with Crippen molar-refractivity contribution in [2.75, 3.05) is 65.0 Å². The maximum absolute atomic E-state index is 12.4. The van der Waals surface area contributed by atoms with Gasteiger partial charge in [0, 0.05) is 32.3 Å². The van der Waals surface area contributed by atoms with Crippen molar-refractivity contribution in [3.63, 3.8) is 0 Å². The maximum Gasteiger partial charge on any atom is 0.237 e. The van der Waals surface area contributed by atoms with Gasteiger partial charge in [-0.3, -0.25) is 9.69 Å². The second-order valence-electron chi connectivity index (χ2n) is 6.27. The summed E-state index contributed by atoms with van der Waals surface area (Å²) in [5.74, 6) is 0.249. The highest BCUT2D eigenvalue weighted by atomic mass is 32.2. The fourth-order valence-electron chi connectivity index (χ4n) is 3.30. The molecule has 0 N–H and O–H groups in total. The van der Waals surface area contributed by atoms with Crippen molar-refractivity contribution in [1.82, 2.24) is 14.7 Å².